The van der Waals surface area contributed by atoms with E-state index in [1.54, 1.807) is 6.07 Å². The molecule has 0 saturated heterocycles. The highest BCUT2D eigenvalue weighted by Crippen LogP contribution is 2.29. The fourth-order valence-corrected chi connectivity index (χ4v) is 5.80. The van der Waals surface area contributed by atoms with E-state index in [1.165, 1.54) is 29.8 Å². The molecule has 5 rings (SSSR count). The van der Waals surface area contributed by atoms with Gasteiger partial charge < -0.3 is 9.80 Å². The fraction of sp³-hybridized carbons (Fsp3) is 0.343. The number of anilines is 1. The first kappa shape index (κ1) is 30.2. The van der Waals surface area contributed by atoms with E-state index < -0.39 is 0 Å². The number of halogens is 1. The third-order valence-electron chi connectivity index (χ3n) is 7.90. The predicted octanol–water partition coefficient (Wildman–Crippen LogP) is 6.33. The summed E-state index contributed by atoms with van der Waals surface area (Å²) in [7, 11) is 0. The van der Waals surface area contributed by atoms with Gasteiger partial charge in [0.15, 0.2) is 0 Å². The monoisotopic (exact) mass is 581 g/mol. The fourth-order valence-electron chi connectivity index (χ4n) is 5.80. The van der Waals surface area contributed by atoms with Crippen molar-refractivity contribution in [2.24, 2.45) is 0 Å². The van der Waals surface area contributed by atoms with Crippen LogP contribution < -0.4 is 4.90 Å². The summed E-state index contributed by atoms with van der Waals surface area (Å²) in [6, 6.07) is 23.8. The van der Waals surface area contributed by atoms with Crippen LogP contribution in [0.25, 0.3) is 0 Å². The van der Waals surface area contributed by atoms with Crippen LogP contribution in [0.1, 0.15) is 63.7 Å². The van der Waals surface area contributed by atoms with Gasteiger partial charge in [0.1, 0.15) is 11.5 Å². The van der Waals surface area contributed by atoms with Crippen LogP contribution >= 0.6 is 0 Å². The Morgan fingerprint density at radius 1 is 0.837 bits per heavy atom. The summed E-state index contributed by atoms with van der Waals surface area (Å²) < 4.78 is 15.6. The van der Waals surface area contributed by atoms with Gasteiger partial charge in [-0.05, 0) is 73.2 Å². The van der Waals surface area contributed by atoms with Crippen LogP contribution in [-0.4, -0.2) is 57.6 Å². The highest BCUT2D eigenvalue weighted by molar-refractivity contribution is 6.07. The number of aromatic nitrogens is 2. The van der Waals surface area contributed by atoms with Crippen molar-refractivity contribution < 1.29 is 14.0 Å². The molecule has 0 spiro atoms. The van der Waals surface area contributed by atoms with Crippen LogP contribution in [0.2, 0.25) is 0 Å². The summed E-state index contributed by atoms with van der Waals surface area (Å²) in [6.07, 6.45) is 4.37. The third kappa shape index (κ3) is 7.56. The van der Waals surface area contributed by atoms with Gasteiger partial charge in [-0.1, -0.05) is 55.5 Å². The van der Waals surface area contributed by atoms with Gasteiger partial charge in [0.05, 0.1) is 5.69 Å². The predicted molar refractivity (Wildman–Crippen MR) is 167 cm³/mol. The summed E-state index contributed by atoms with van der Waals surface area (Å²) in [5.41, 5.74) is 4.74. The average Bonchev–Trinajstić information content (AvgIpc) is 3.48. The number of hydrogen-bond donors (Lipinski definition) is 0. The number of amides is 2. The molecule has 0 N–H and O–H groups in total. The number of carbonyl (C=O) groups excluding carboxylic acids is 2. The molecule has 8 heteroatoms. The Balaban J connectivity index is 1.51. The van der Waals surface area contributed by atoms with Gasteiger partial charge in [-0.25, -0.2) is 4.39 Å². The van der Waals surface area contributed by atoms with Gasteiger partial charge in [-0.15, -0.1) is 0 Å². The zero-order valence-electron chi connectivity index (χ0n) is 25.1. The van der Waals surface area contributed by atoms with Crippen LogP contribution in [0.5, 0.6) is 0 Å². The minimum atomic E-state index is -0.381. The number of nitrogens with zero attached hydrogens (tertiary/aromatic N) is 5. The molecule has 1 aliphatic heterocycles. The number of carbonyl (C=O) groups is 2. The smallest absolute Gasteiger partial charge is 0.274 e. The maximum atomic E-state index is 14.0. The number of aryl methyl sites for hydroxylation is 2. The lowest BCUT2D eigenvalue weighted by atomic mass is 10.0. The molecular formula is C35H40FN5O2. The summed E-state index contributed by atoms with van der Waals surface area (Å²) >= 11 is 0. The number of hydrogen-bond acceptors (Lipinski definition) is 4. The minimum absolute atomic E-state index is 0.120. The Hall–Kier alpha value is -4.30. The summed E-state index contributed by atoms with van der Waals surface area (Å²) in [4.78, 5) is 34.0. The van der Waals surface area contributed by atoms with Gasteiger partial charge in [-0.2, -0.15) is 5.10 Å². The molecule has 1 aliphatic rings. The Morgan fingerprint density at radius 3 is 2.33 bits per heavy atom. The van der Waals surface area contributed by atoms with Crippen molar-refractivity contribution in [3.63, 3.8) is 0 Å². The Morgan fingerprint density at radius 2 is 1.58 bits per heavy atom. The summed E-state index contributed by atoms with van der Waals surface area (Å²) in [6.45, 7) is 8.63. The van der Waals surface area contributed by atoms with Gasteiger partial charge in [0, 0.05) is 57.6 Å². The van der Waals surface area contributed by atoms with Crippen molar-refractivity contribution in [2.75, 3.05) is 31.1 Å². The topological polar surface area (TPSA) is 61.7 Å². The molecule has 0 bridgehead atoms. The van der Waals surface area contributed by atoms with Crippen molar-refractivity contribution in [1.29, 1.82) is 0 Å². The number of para-hydroxylation sites is 1. The Bertz CT molecular complexity index is 1520. The van der Waals surface area contributed by atoms with Crippen molar-refractivity contribution in [2.45, 2.75) is 52.7 Å². The zero-order chi connectivity index (χ0) is 30.2. The second-order valence-corrected chi connectivity index (χ2v) is 11.2. The van der Waals surface area contributed by atoms with Crippen LogP contribution in [0, 0.1) is 12.7 Å². The number of fused-ring (bicyclic) bond motifs is 1. The Kier molecular flexibility index (Phi) is 10.00. The summed E-state index contributed by atoms with van der Waals surface area (Å²) in [5.74, 6) is -0.683. The van der Waals surface area contributed by atoms with E-state index in [0.717, 1.165) is 62.3 Å². The van der Waals surface area contributed by atoms with Gasteiger partial charge in [0.25, 0.3) is 11.8 Å². The number of rotatable bonds is 6. The molecule has 224 valence electrons. The normalized spacial score (nSPS) is 15.0. The lowest BCUT2D eigenvalue weighted by molar-refractivity contribution is 0.0726. The maximum Gasteiger partial charge on any atom is 0.274 e. The molecule has 0 fully saturated rings. The maximum absolute atomic E-state index is 14.0. The van der Waals surface area contributed by atoms with Crippen LogP contribution in [-0.2, 0) is 19.6 Å². The largest absolute Gasteiger partial charge is 0.333 e. The van der Waals surface area contributed by atoms with E-state index in [9.17, 15) is 14.0 Å². The lowest BCUT2D eigenvalue weighted by Gasteiger charge is -2.32. The van der Waals surface area contributed by atoms with E-state index in [4.69, 9.17) is 0 Å². The van der Waals surface area contributed by atoms with E-state index in [2.05, 4.69) is 29.1 Å². The van der Waals surface area contributed by atoms with Crippen LogP contribution in [0.3, 0.4) is 0 Å². The van der Waals surface area contributed by atoms with Crippen LogP contribution in [0.15, 0.2) is 85.1 Å². The molecular weight excluding hydrogens is 541 g/mol. The molecule has 3 aromatic carbocycles. The number of benzene rings is 3. The molecule has 0 saturated carbocycles. The zero-order valence-corrected chi connectivity index (χ0v) is 25.1. The molecule has 0 unspecified atom stereocenters. The summed E-state index contributed by atoms with van der Waals surface area (Å²) in [5, 5.41) is 4.56. The van der Waals surface area contributed by atoms with Crippen molar-refractivity contribution in [3.05, 3.63) is 119 Å². The first-order chi connectivity index (χ1) is 20.9. The van der Waals surface area contributed by atoms with Gasteiger partial charge >= 0.3 is 0 Å². The molecule has 1 aromatic heterocycles. The van der Waals surface area contributed by atoms with Gasteiger partial charge in [0.2, 0.25) is 0 Å². The second-order valence-electron chi connectivity index (χ2n) is 11.2. The second kappa shape index (κ2) is 14.2. The van der Waals surface area contributed by atoms with Crippen molar-refractivity contribution >= 4 is 17.5 Å². The standard InChI is InChI=1S/C35H40FN5O2/c1-3-19-40-24-18-32(37-40)35(43)39-22-8-20-38(25-28-11-5-4-6-12-28)21-9-23-41(33-27(2)10-7-13-30(33)26-39)34(42)29-14-16-31(36)17-15-29/h4-7,10-18,24H,3,8-9,19-23,25-26H2,1-2H3. The minimum Gasteiger partial charge on any atom is -0.333 e. The van der Waals surface area contributed by atoms with Gasteiger partial charge in [-0.3, -0.25) is 19.2 Å². The van der Waals surface area contributed by atoms with E-state index >= 15 is 0 Å². The first-order valence-corrected chi connectivity index (χ1v) is 15.2. The van der Waals surface area contributed by atoms with Crippen molar-refractivity contribution in [3.8, 4) is 0 Å². The van der Waals surface area contributed by atoms with E-state index in [1.807, 2.05) is 64.0 Å². The molecule has 2 amide bonds. The van der Waals surface area contributed by atoms with Crippen LogP contribution in [0.4, 0.5) is 10.1 Å². The average molecular weight is 582 g/mol. The molecule has 0 radical (unpaired) electrons. The first-order valence-electron chi connectivity index (χ1n) is 15.2. The van der Waals surface area contributed by atoms with E-state index in [0.29, 0.717) is 30.9 Å². The molecule has 0 atom stereocenters. The Labute approximate surface area is 253 Å². The van der Waals surface area contributed by atoms with Crippen molar-refractivity contribution in [1.82, 2.24) is 19.6 Å². The molecule has 7 nitrogen and oxygen atoms in total. The molecule has 0 aliphatic carbocycles. The molecule has 4 aromatic rings. The highest BCUT2D eigenvalue weighted by Gasteiger charge is 2.26. The third-order valence-corrected chi connectivity index (χ3v) is 7.90. The van der Waals surface area contributed by atoms with E-state index in [-0.39, 0.29) is 17.6 Å². The SMILES string of the molecule is CCCn1ccc(C(=O)N2CCCN(Cc3ccccc3)CCCN(C(=O)c3ccc(F)cc3)c3c(C)cccc3C2)n1. The molecule has 43 heavy (non-hydrogen) atoms. The lowest BCUT2D eigenvalue weighted by Crippen LogP contribution is -2.39. The highest BCUT2D eigenvalue weighted by atomic mass is 19.1. The quantitative estimate of drug-likeness (QED) is 0.267. The molecule has 2 heterocycles.